The summed E-state index contributed by atoms with van der Waals surface area (Å²) in [6.07, 6.45) is 1.58. The van der Waals surface area contributed by atoms with E-state index >= 15 is 0 Å². The Bertz CT molecular complexity index is 622. The maximum atomic E-state index is 12.6. The molecule has 1 saturated carbocycles. The van der Waals surface area contributed by atoms with Crippen molar-refractivity contribution in [2.75, 3.05) is 18.4 Å². The van der Waals surface area contributed by atoms with Crippen LogP contribution in [0.4, 0.5) is 5.69 Å². The van der Waals surface area contributed by atoms with Gasteiger partial charge in [0.05, 0.1) is 17.4 Å². The molecule has 5 nitrogen and oxygen atoms in total. The Hall–Kier alpha value is -1.88. The van der Waals surface area contributed by atoms with E-state index in [9.17, 15) is 14.7 Å². The molecule has 0 unspecified atom stereocenters. The number of piperidine rings is 1. The normalized spacial score (nSPS) is 31.2. The first kappa shape index (κ1) is 12.8. The number of nitrogens with one attached hydrogen (secondary N) is 1. The molecule has 1 aliphatic carbocycles. The average Bonchev–Trinajstić information content (AvgIpc) is 3.18. The number of benzene rings is 1. The lowest BCUT2D eigenvalue weighted by Crippen LogP contribution is -2.42. The fraction of sp³-hybridized carbons (Fsp3) is 0.500. The van der Waals surface area contributed by atoms with E-state index in [2.05, 4.69) is 5.32 Å². The van der Waals surface area contributed by atoms with Crippen molar-refractivity contribution in [3.8, 4) is 0 Å². The minimum Gasteiger partial charge on any atom is -0.393 e. The van der Waals surface area contributed by atoms with Gasteiger partial charge in [-0.2, -0.15) is 0 Å². The minimum absolute atomic E-state index is 0.0425. The lowest BCUT2D eigenvalue weighted by molar-refractivity contribution is -0.136. The second kappa shape index (κ2) is 4.31. The third-order valence-electron chi connectivity index (χ3n) is 5.10. The van der Waals surface area contributed by atoms with Crippen LogP contribution in [0.5, 0.6) is 0 Å². The number of aliphatic hydroxyl groups is 1. The van der Waals surface area contributed by atoms with E-state index in [0.29, 0.717) is 32.4 Å². The highest BCUT2D eigenvalue weighted by molar-refractivity contribution is 6.12. The third-order valence-corrected chi connectivity index (χ3v) is 5.10. The monoisotopic (exact) mass is 286 g/mol. The molecule has 2 fully saturated rings. The number of hydrogen-bond donors (Lipinski definition) is 2. The molecule has 2 aliphatic heterocycles. The van der Waals surface area contributed by atoms with Crippen molar-refractivity contribution in [3.63, 3.8) is 0 Å². The van der Waals surface area contributed by atoms with Gasteiger partial charge in [-0.05, 0) is 30.9 Å². The standard InChI is InChI=1S/C16H18N2O3/c19-10-5-7-18(8-6-10)14(20)12-9-16(12)11-3-1-2-4-13(11)17-15(16)21/h1-4,10,12,19H,5-9H2,(H,17,21)/t12-,16-/m1/s1. The van der Waals surface area contributed by atoms with Crippen LogP contribution in [0.25, 0.3) is 0 Å². The van der Waals surface area contributed by atoms with Gasteiger partial charge in [-0.1, -0.05) is 18.2 Å². The van der Waals surface area contributed by atoms with E-state index in [1.165, 1.54) is 0 Å². The highest BCUT2D eigenvalue weighted by Gasteiger charge is 2.68. The molecule has 1 saturated heterocycles. The number of aliphatic hydroxyl groups excluding tert-OH is 1. The number of amides is 2. The Morgan fingerprint density at radius 2 is 2.00 bits per heavy atom. The highest BCUT2D eigenvalue weighted by Crippen LogP contribution is 2.60. The van der Waals surface area contributed by atoms with Gasteiger partial charge in [-0.25, -0.2) is 0 Å². The van der Waals surface area contributed by atoms with Crippen molar-refractivity contribution in [3.05, 3.63) is 29.8 Å². The predicted octanol–water partition coefficient (Wildman–Crippen LogP) is 0.880. The first-order valence-electron chi connectivity index (χ1n) is 7.51. The molecule has 3 aliphatic rings. The summed E-state index contributed by atoms with van der Waals surface area (Å²) in [5.41, 5.74) is 1.17. The summed E-state index contributed by atoms with van der Waals surface area (Å²) < 4.78 is 0. The zero-order chi connectivity index (χ0) is 14.6. The van der Waals surface area contributed by atoms with Crippen LogP contribution in [-0.4, -0.2) is 41.0 Å². The van der Waals surface area contributed by atoms with Gasteiger partial charge in [-0.3, -0.25) is 9.59 Å². The molecule has 2 atom stereocenters. The second-order valence-electron chi connectivity index (χ2n) is 6.28. The van der Waals surface area contributed by atoms with E-state index in [1.54, 1.807) is 4.90 Å². The largest absolute Gasteiger partial charge is 0.393 e. The summed E-state index contributed by atoms with van der Waals surface area (Å²) in [6.45, 7) is 1.19. The molecule has 1 spiro atoms. The number of carbonyl (C=O) groups is 2. The Balaban J connectivity index is 1.57. The summed E-state index contributed by atoms with van der Waals surface area (Å²) in [4.78, 5) is 26.8. The maximum absolute atomic E-state index is 12.6. The van der Waals surface area contributed by atoms with Crippen LogP contribution in [0.2, 0.25) is 0 Å². The van der Waals surface area contributed by atoms with Crippen LogP contribution >= 0.6 is 0 Å². The zero-order valence-corrected chi connectivity index (χ0v) is 11.7. The molecule has 1 aromatic rings. The number of fused-ring (bicyclic) bond motifs is 2. The van der Waals surface area contributed by atoms with Gasteiger partial charge in [0, 0.05) is 18.8 Å². The fourth-order valence-corrected chi connectivity index (χ4v) is 3.75. The van der Waals surface area contributed by atoms with Crippen molar-refractivity contribution < 1.29 is 14.7 Å². The van der Waals surface area contributed by atoms with Gasteiger partial charge in [-0.15, -0.1) is 0 Å². The first-order chi connectivity index (χ1) is 10.1. The summed E-state index contributed by atoms with van der Waals surface area (Å²) >= 11 is 0. The molecule has 21 heavy (non-hydrogen) atoms. The summed E-state index contributed by atoms with van der Waals surface area (Å²) in [5.74, 6) is -0.218. The van der Waals surface area contributed by atoms with E-state index < -0.39 is 5.41 Å². The van der Waals surface area contributed by atoms with Crippen molar-refractivity contribution in [2.45, 2.75) is 30.8 Å². The molecule has 0 aromatic heterocycles. The Morgan fingerprint density at radius 1 is 1.29 bits per heavy atom. The molecule has 0 bridgehead atoms. The molecule has 110 valence electrons. The van der Waals surface area contributed by atoms with E-state index in [1.807, 2.05) is 24.3 Å². The molecular formula is C16H18N2O3. The number of nitrogens with zero attached hydrogens (tertiary/aromatic N) is 1. The minimum atomic E-state index is -0.635. The Kier molecular flexibility index (Phi) is 2.63. The van der Waals surface area contributed by atoms with Crippen LogP contribution in [0.3, 0.4) is 0 Å². The van der Waals surface area contributed by atoms with Crippen molar-refractivity contribution in [2.24, 2.45) is 5.92 Å². The van der Waals surface area contributed by atoms with Gasteiger partial charge in [0.2, 0.25) is 11.8 Å². The van der Waals surface area contributed by atoms with Crippen molar-refractivity contribution >= 4 is 17.5 Å². The van der Waals surface area contributed by atoms with Crippen LogP contribution in [0.1, 0.15) is 24.8 Å². The van der Waals surface area contributed by atoms with Crippen molar-refractivity contribution in [1.82, 2.24) is 4.90 Å². The zero-order valence-electron chi connectivity index (χ0n) is 11.7. The number of para-hydroxylation sites is 1. The number of anilines is 1. The van der Waals surface area contributed by atoms with E-state index in [4.69, 9.17) is 0 Å². The predicted molar refractivity (Wildman–Crippen MR) is 76.7 cm³/mol. The van der Waals surface area contributed by atoms with Gasteiger partial charge < -0.3 is 15.3 Å². The van der Waals surface area contributed by atoms with E-state index in [0.717, 1.165) is 11.3 Å². The summed E-state index contributed by atoms with van der Waals surface area (Å²) in [7, 11) is 0. The van der Waals surface area contributed by atoms with E-state index in [-0.39, 0.29) is 23.8 Å². The van der Waals surface area contributed by atoms with Gasteiger partial charge >= 0.3 is 0 Å². The molecule has 2 amide bonds. The number of likely N-dealkylation sites (tertiary alicyclic amines) is 1. The molecule has 1 aromatic carbocycles. The maximum Gasteiger partial charge on any atom is 0.235 e. The van der Waals surface area contributed by atoms with Gasteiger partial charge in [0.15, 0.2) is 0 Å². The quantitative estimate of drug-likeness (QED) is 0.805. The molecule has 2 N–H and O–H groups in total. The average molecular weight is 286 g/mol. The summed E-state index contributed by atoms with van der Waals surface area (Å²) in [5, 5.41) is 12.4. The molecule has 2 heterocycles. The lowest BCUT2D eigenvalue weighted by atomic mass is 9.94. The third kappa shape index (κ3) is 1.73. The topological polar surface area (TPSA) is 69.6 Å². The molecular weight excluding hydrogens is 268 g/mol. The first-order valence-corrected chi connectivity index (χ1v) is 7.51. The second-order valence-corrected chi connectivity index (χ2v) is 6.28. The molecule has 5 heteroatoms. The van der Waals surface area contributed by atoms with Crippen LogP contribution < -0.4 is 5.32 Å². The Morgan fingerprint density at radius 3 is 2.76 bits per heavy atom. The molecule has 0 radical (unpaired) electrons. The van der Waals surface area contributed by atoms with Gasteiger partial charge in [0.1, 0.15) is 0 Å². The number of rotatable bonds is 1. The highest BCUT2D eigenvalue weighted by atomic mass is 16.3. The van der Waals surface area contributed by atoms with Crippen LogP contribution in [0, 0.1) is 5.92 Å². The SMILES string of the molecule is O=C([C@H]1C[C@]12C(=O)Nc1ccccc12)N1CCC(O)CC1. The smallest absolute Gasteiger partial charge is 0.235 e. The van der Waals surface area contributed by atoms with Crippen LogP contribution in [0.15, 0.2) is 24.3 Å². The number of hydrogen-bond acceptors (Lipinski definition) is 3. The summed E-state index contributed by atoms with van der Waals surface area (Å²) in [6, 6.07) is 7.64. The number of carbonyl (C=O) groups excluding carboxylic acids is 2. The van der Waals surface area contributed by atoms with Crippen LogP contribution in [-0.2, 0) is 15.0 Å². The van der Waals surface area contributed by atoms with Crippen molar-refractivity contribution in [1.29, 1.82) is 0 Å². The lowest BCUT2D eigenvalue weighted by Gasteiger charge is -2.30. The van der Waals surface area contributed by atoms with Gasteiger partial charge in [0.25, 0.3) is 0 Å². The fourth-order valence-electron chi connectivity index (χ4n) is 3.75. The Labute approximate surface area is 122 Å². The molecule has 4 rings (SSSR count).